The molecule has 1 heterocycles. The van der Waals surface area contributed by atoms with Gasteiger partial charge in [0.15, 0.2) is 0 Å². The first-order valence-corrected chi connectivity index (χ1v) is 16.5. The maximum atomic E-state index is 13.4. The lowest BCUT2D eigenvalue weighted by atomic mass is 9.76. The molecule has 0 bridgehead atoms. The molecule has 1 aliphatic carbocycles. The molecule has 0 fully saturated rings. The van der Waals surface area contributed by atoms with Crippen LogP contribution < -0.4 is 5.56 Å². The zero-order chi connectivity index (χ0) is 33.4. The fourth-order valence-electron chi connectivity index (χ4n) is 5.22. The Kier molecular flexibility index (Phi) is 12.4. The van der Waals surface area contributed by atoms with E-state index in [0.717, 1.165) is 73.1 Å². The molecule has 1 unspecified atom stereocenters. The highest BCUT2D eigenvalue weighted by Gasteiger charge is 2.34. The van der Waals surface area contributed by atoms with Crippen LogP contribution in [0.25, 0.3) is 5.69 Å². The normalized spacial score (nSPS) is 14.5. The molecule has 0 radical (unpaired) electrons. The van der Waals surface area contributed by atoms with Gasteiger partial charge in [-0.25, -0.2) is 9.37 Å². The van der Waals surface area contributed by atoms with Crippen LogP contribution in [0.1, 0.15) is 87.2 Å². The predicted octanol–water partition coefficient (Wildman–Crippen LogP) is 7.08. The third kappa shape index (κ3) is 10.2. The van der Waals surface area contributed by atoms with Crippen molar-refractivity contribution in [2.24, 2.45) is 5.41 Å². The fourth-order valence-corrected chi connectivity index (χ4v) is 6.04. The number of ketones is 1. The van der Waals surface area contributed by atoms with Crippen molar-refractivity contribution in [3.63, 3.8) is 0 Å². The minimum atomic E-state index is -4.73. The summed E-state index contributed by atoms with van der Waals surface area (Å²) in [5.41, 5.74) is 2.14. The third-order valence-electron chi connectivity index (χ3n) is 7.67. The molecule has 3 aromatic rings. The van der Waals surface area contributed by atoms with Crippen molar-refractivity contribution in [3.05, 3.63) is 92.4 Å². The summed E-state index contributed by atoms with van der Waals surface area (Å²) in [6, 6.07) is 11.8. The Morgan fingerprint density at radius 1 is 1.11 bits per heavy atom. The lowest BCUT2D eigenvalue weighted by Crippen LogP contribution is -2.34. The number of alkyl halides is 3. The highest BCUT2D eigenvalue weighted by atomic mass is 32.2. The summed E-state index contributed by atoms with van der Waals surface area (Å²) in [6.07, 6.45) is 1.24. The number of aromatic nitrogens is 2. The number of carbonyl (C=O) groups excluding carboxylic acids is 1. The number of hydrogen-bond donors (Lipinski definition) is 0. The van der Waals surface area contributed by atoms with Crippen molar-refractivity contribution >= 4 is 16.6 Å². The summed E-state index contributed by atoms with van der Waals surface area (Å²) < 4.78 is 62.9. The molecule has 6 nitrogen and oxygen atoms in total. The highest BCUT2D eigenvalue weighted by molar-refractivity contribution is 7.84. The first kappa shape index (κ1) is 35.8. The van der Waals surface area contributed by atoms with Gasteiger partial charge >= 0.3 is 6.18 Å². The number of carbonyl (C=O) groups is 1. The second-order valence-corrected chi connectivity index (χ2v) is 13.9. The van der Waals surface area contributed by atoms with Gasteiger partial charge in [-0.15, -0.1) is 0 Å². The number of nitrogens with zero attached hydrogens (tertiary/aromatic N) is 3. The molecule has 0 N–H and O–H groups in total. The van der Waals surface area contributed by atoms with Crippen molar-refractivity contribution in [2.75, 3.05) is 11.5 Å². The maximum absolute atomic E-state index is 13.4. The largest absolute Gasteiger partial charge is 0.419 e. The van der Waals surface area contributed by atoms with E-state index in [1.807, 2.05) is 19.1 Å². The Hall–Kier alpha value is -3.65. The van der Waals surface area contributed by atoms with E-state index in [9.17, 15) is 31.4 Å². The molecular formula is C34H39F4N3O3S. The molecule has 2 aromatic carbocycles. The molecule has 242 valence electrons. The monoisotopic (exact) mass is 645 g/mol. The Labute approximate surface area is 264 Å². The molecule has 0 saturated carbocycles. The Balaban J connectivity index is 0.000000309. The van der Waals surface area contributed by atoms with Crippen LogP contribution in [0.3, 0.4) is 0 Å². The number of hydrogen-bond acceptors (Lipinski definition) is 5. The number of halogens is 4. The molecule has 0 amide bonds. The topological polar surface area (TPSA) is 92.8 Å². The van der Waals surface area contributed by atoms with Crippen molar-refractivity contribution in [2.45, 2.75) is 85.2 Å². The molecule has 45 heavy (non-hydrogen) atoms. The van der Waals surface area contributed by atoms with Gasteiger partial charge in [0.1, 0.15) is 17.4 Å². The molecule has 0 saturated heterocycles. The SMILES string of the molecule is CC(=O)Cc1ccc(F)c(C(F)(F)F)c1.CCS(=O)CCCCCc1nc2c(c(=O)n1-c1ccc(C#N)cc1)CCC(C)(C)C2. The molecular weight excluding hydrogens is 606 g/mol. The van der Waals surface area contributed by atoms with Gasteiger partial charge in [-0.2, -0.15) is 18.4 Å². The Morgan fingerprint density at radius 3 is 2.40 bits per heavy atom. The quantitative estimate of drug-likeness (QED) is 0.174. The summed E-state index contributed by atoms with van der Waals surface area (Å²) >= 11 is 0. The van der Waals surface area contributed by atoms with Gasteiger partial charge in [-0.1, -0.05) is 33.3 Å². The van der Waals surface area contributed by atoms with Gasteiger partial charge in [0.25, 0.3) is 5.56 Å². The molecule has 4 rings (SSSR count). The first-order chi connectivity index (χ1) is 21.1. The second-order valence-electron chi connectivity index (χ2n) is 12.0. The molecule has 0 aliphatic heterocycles. The summed E-state index contributed by atoms with van der Waals surface area (Å²) in [5, 5.41) is 9.09. The van der Waals surface area contributed by atoms with Gasteiger partial charge in [0, 0.05) is 40.7 Å². The van der Waals surface area contributed by atoms with Crippen molar-refractivity contribution in [1.82, 2.24) is 9.55 Å². The molecule has 1 aliphatic rings. The van der Waals surface area contributed by atoms with E-state index < -0.39 is 28.4 Å². The standard InChI is InChI=1S/C24H31N3O2S.C10H8F4O/c1-4-30(29)15-7-5-6-8-22-26-21-16-24(2,3)14-13-20(21)23(28)27(22)19-11-9-18(17-25)10-12-19;1-6(15)4-7-2-3-9(11)8(5-7)10(12,13)14/h9-12H,4-8,13-16H2,1-3H3;2-3,5H,4H2,1H3. The van der Waals surface area contributed by atoms with Crippen LogP contribution in [0.2, 0.25) is 0 Å². The minimum Gasteiger partial charge on any atom is -0.300 e. The minimum absolute atomic E-state index is 0.0299. The Bertz CT molecular complexity index is 1620. The third-order valence-corrected chi connectivity index (χ3v) is 9.06. The van der Waals surface area contributed by atoms with E-state index in [-0.39, 0.29) is 28.7 Å². The van der Waals surface area contributed by atoms with Crippen LogP contribution >= 0.6 is 0 Å². The predicted molar refractivity (Wildman–Crippen MR) is 167 cm³/mol. The van der Waals surface area contributed by atoms with E-state index in [4.69, 9.17) is 10.2 Å². The summed E-state index contributed by atoms with van der Waals surface area (Å²) in [5.74, 6) is 0.646. The van der Waals surface area contributed by atoms with E-state index in [1.54, 1.807) is 16.7 Å². The van der Waals surface area contributed by atoms with Crippen molar-refractivity contribution in [3.8, 4) is 11.8 Å². The zero-order valence-corrected chi connectivity index (χ0v) is 26.9. The maximum Gasteiger partial charge on any atom is 0.419 e. The zero-order valence-electron chi connectivity index (χ0n) is 26.1. The van der Waals surface area contributed by atoms with Crippen LogP contribution in [0.5, 0.6) is 0 Å². The number of fused-ring (bicyclic) bond motifs is 1. The number of rotatable bonds is 10. The van der Waals surface area contributed by atoms with E-state index in [0.29, 0.717) is 23.8 Å². The summed E-state index contributed by atoms with van der Waals surface area (Å²) in [7, 11) is -0.724. The van der Waals surface area contributed by atoms with Gasteiger partial charge in [0.2, 0.25) is 0 Å². The number of aryl methyl sites for hydroxylation is 1. The van der Waals surface area contributed by atoms with Crippen LogP contribution in [-0.2, 0) is 47.5 Å². The Morgan fingerprint density at radius 2 is 1.80 bits per heavy atom. The van der Waals surface area contributed by atoms with Gasteiger partial charge < -0.3 is 0 Å². The van der Waals surface area contributed by atoms with Crippen LogP contribution in [0, 0.1) is 22.6 Å². The van der Waals surface area contributed by atoms with E-state index in [2.05, 4.69) is 19.9 Å². The fraction of sp³-hybridized carbons (Fsp3) is 0.471. The average molecular weight is 646 g/mol. The summed E-state index contributed by atoms with van der Waals surface area (Å²) in [6.45, 7) is 7.68. The highest BCUT2D eigenvalue weighted by Crippen LogP contribution is 2.33. The van der Waals surface area contributed by atoms with Crippen molar-refractivity contribution < 1.29 is 26.6 Å². The average Bonchev–Trinajstić information content (AvgIpc) is 2.97. The van der Waals surface area contributed by atoms with Crippen molar-refractivity contribution in [1.29, 1.82) is 5.26 Å². The summed E-state index contributed by atoms with van der Waals surface area (Å²) in [4.78, 5) is 29.1. The second kappa shape index (κ2) is 15.6. The van der Waals surface area contributed by atoms with E-state index >= 15 is 0 Å². The van der Waals surface area contributed by atoms with E-state index in [1.165, 1.54) is 13.0 Å². The van der Waals surface area contributed by atoms with Crippen LogP contribution in [0.15, 0.2) is 47.3 Å². The lowest BCUT2D eigenvalue weighted by Gasteiger charge is -2.31. The van der Waals surface area contributed by atoms with Crippen LogP contribution in [-0.4, -0.2) is 31.0 Å². The molecule has 1 atom stereocenters. The lowest BCUT2D eigenvalue weighted by molar-refractivity contribution is -0.140. The van der Waals surface area contributed by atoms with Crippen LogP contribution in [0.4, 0.5) is 17.6 Å². The van der Waals surface area contributed by atoms with Gasteiger partial charge in [0.05, 0.1) is 28.6 Å². The first-order valence-electron chi connectivity index (χ1n) is 15.0. The molecule has 1 aromatic heterocycles. The van der Waals surface area contributed by atoms with Gasteiger partial charge in [-0.05, 0) is 86.4 Å². The number of Topliss-reactive ketones (excluding diaryl/α,β-unsaturated/α-hetero) is 1. The number of nitriles is 1. The number of benzene rings is 2. The molecule has 11 heteroatoms. The smallest absolute Gasteiger partial charge is 0.300 e. The van der Waals surface area contributed by atoms with Gasteiger partial charge in [-0.3, -0.25) is 18.4 Å². The molecule has 0 spiro atoms. The number of unbranched alkanes of at least 4 members (excludes halogenated alkanes) is 2.